The van der Waals surface area contributed by atoms with E-state index in [-0.39, 0.29) is 12.1 Å². The molecule has 2 aliphatic rings. The second kappa shape index (κ2) is 11.0. The van der Waals surface area contributed by atoms with Crippen molar-refractivity contribution in [3.05, 3.63) is 0 Å². The van der Waals surface area contributed by atoms with Crippen LogP contribution in [-0.2, 0) is 4.74 Å². The molecule has 0 bridgehead atoms. The lowest BCUT2D eigenvalue weighted by molar-refractivity contribution is 0.0507. The number of hydrogen-bond acceptors (Lipinski definition) is 5. The molecule has 2 rings (SSSR count). The molecule has 2 heterocycles. The Balaban J connectivity index is 1.81. The number of likely N-dealkylation sites (tertiary alicyclic amines) is 1. The zero-order valence-electron chi connectivity index (χ0n) is 19.3. The normalized spacial score (nSPS) is 23.2. The minimum Gasteiger partial charge on any atom is -0.444 e. The summed E-state index contributed by atoms with van der Waals surface area (Å²) in [5.41, 5.74) is -0.474. The number of guanidine groups is 1. The summed E-state index contributed by atoms with van der Waals surface area (Å²) in [5, 5.41) is 6.40. The van der Waals surface area contributed by atoms with Crippen LogP contribution in [0.25, 0.3) is 0 Å². The number of amides is 1. The summed E-state index contributed by atoms with van der Waals surface area (Å²) in [6.07, 6.45) is 0.563. The van der Waals surface area contributed by atoms with Crippen molar-refractivity contribution in [2.75, 3.05) is 66.0 Å². The van der Waals surface area contributed by atoms with E-state index in [2.05, 4.69) is 46.2 Å². The molecule has 0 aliphatic carbocycles. The van der Waals surface area contributed by atoms with Crippen LogP contribution in [0.2, 0.25) is 0 Å². The van der Waals surface area contributed by atoms with Crippen LogP contribution in [0.5, 0.6) is 0 Å². The van der Waals surface area contributed by atoms with Crippen molar-refractivity contribution in [2.45, 2.75) is 52.7 Å². The summed E-state index contributed by atoms with van der Waals surface area (Å²) in [7, 11) is 2.19. The van der Waals surface area contributed by atoms with Crippen LogP contribution in [0.3, 0.4) is 0 Å². The molecule has 0 spiro atoms. The number of hydrogen-bond donors (Lipinski definition) is 2. The maximum absolute atomic E-state index is 12.0. The van der Waals surface area contributed by atoms with Gasteiger partial charge in [-0.15, -0.1) is 0 Å². The summed E-state index contributed by atoms with van der Waals surface area (Å²) in [6.45, 7) is 19.0. The molecule has 2 aliphatic heterocycles. The number of rotatable bonds is 6. The molecule has 0 radical (unpaired) electrons. The number of carbonyl (C=O) groups is 1. The second-order valence-electron chi connectivity index (χ2n) is 9.48. The Hall–Kier alpha value is -1.54. The molecular weight excluding hydrogens is 368 g/mol. The van der Waals surface area contributed by atoms with Gasteiger partial charge in [-0.2, -0.15) is 0 Å². The molecule has 0 saturated carbocycles. The van der Waals surface area contributed by atoms with Gasteiger partial charge in [0.15, 0.2) is 5.96 Å². The first-order valence-corrected chi connectivity index (χ1v) is 11.1. The number of piperazine rings is 1. The fourth-order valence-corrected chi connectivity index (χ4v) is 3.74. The Morgan fingerprint density at radius 3 is 2.52 bits per heavy atom. The summed E-state index contributed by atoms with van der Waals surface area (Å²) in [6, 6.07) is 0.0940. The van der Waals surface area contributed by atoms with Crippen LogP contribution in [0, 0.1) is 5.92 Å². The van der Waals surface area contributed by atoms with Crippen LogP contribution in [0.1, 0.15) is 41.0 Å². The third-order valence-electron chi connectivity index (χ3n) is 5.26. The van der Waals surface area contributed by atoms with Crippen LogP contribution in [0.15, 0.2) is 4.99 Å². The molecule has 2 unspecified atom stereocenters. The molecule has 0 aromatic rings. The number of alkyl carbamates (subject to hydrolysis) is 1. The van der Waals surface area contributed by atoms with Gasteiger partial charge < -0.3 is 30.1 Å². The van der Waals surface area contributed by atoms with Crippen LogP contribution in [0.4, 0.5) is 4.79 Å². The molecule has 0 aromatic carbocycles. The van der Waals surface area contributed by atoms with E-state index >= 15 is 0 Å². The predicted octanol–water partition coefficient (Wildman–Crippen LogP) is 1.43. The standard InChI is InChI=1S/C21H42N6O2/c1-7-22-19(23-14-17(2)15-26-12-10-25(6)11-13-26)27-9-8-18(16-27)24-20(28)29-21(3,4)5/h17-18H,7-16H2,1-6H3,(H,22,23)(H,24,28). The molecule has 1 amide bonds. The average molecular weight is 411 g/mol. The zero-order valence-corrected chi connectivity index (χ0v) is 19.3. The molecule has 2 N–H and O–H groups in total. The lowest BCUT2D eigenvalue weighted by atomic mass is 10.1. The van der Waals surface area contributed by atoms with Gasteiger partial charge in [0, 0.05) is 58.9 Å². The van der Waals surface area contributed by atoms with Gasteiger partial charge in [-0.3, -0.25) is 4.99 Å². The summed E-state index contributed by atoms with van der Waals surface area (Å²) in [4.78, 5) is 24.1. The fourth-order valence-electron chi connectivity index (χ4n) is 3.74. The zero-order chi connectivity index (χ0) is 21.4. The van der Waals surface area contributed by atoms with E-state index in [4.69, 9.17) is 9.73 Å². The molecule has 2 atom stereocenters. The van der Waals surface area contributed by atoms with E-state index in [9.17, 15) is 4.79 Å². The summed E-state index contributed by atoms with van der Waals surface area (Å²) >= 11 is 0. The molecule has 29 heavy (non-hydrogen) atoms. The van der Waals surface area contributed by atoms with E-state index < -0.39 is 5.60 Å². The highest BCUT2D eigenvalue weighted by Crippen LogP contribution is 2.13. The maximum Gasteiger partial charge on any atom is 0.407 e. The molecule has 168 valence electrons. The molecule has 8 heteroatoms. The molecular formula is C21H42N6O2. The minimum atomic E-state index is -0.474. The highest BCUT2D eigenvalue weighted by Gasteiger charge is 2.28. The van der Waals surface area contributed by atoms with Gasteiger partial charge in [-0.25, -0.2) is 4.79 Å². The first-order valence-electron chi connectivity index (χ1n) is 11.1. The van der Waals surface area contributed by atoms with Crippen molar-refractivity contribution in [2.24, 2.45) is 10.9 Å². The van der Waals surface area contributed by atoms with Crippen molar-refractivity contribution in [1.29, 1.82) is 0 Å². The highest BCUT2D eigenvalue weighted by atomic mass is 16.6. The predicted molar refractivity (Wildman–Crippen MR) is 118 cm³/mol. The first kappa shape index (κ1) is 23.7. The lowest BCUT2D eigenvalue weighted by Gasteiger charge is -2.33. The molecule has 0 aromatic heterocycles. The van der Waals surface area contributed by atoms with Gasteiger partial charge >= 0.3 is 6.09 Å². The van der Waals surface area contributed by atoms with Gasteiger partial charge in [0.2, 0.25) is 0 Å². The number of carbonyl (C=O) groups excluding carboxylic acids is 1. The molecule has 2 fully saturated rings. The summed E-state index contributed by atoms with van der Waals surface area (Å²) in [5.74, 6) is 1.47. The van der Waals surface area contributed by atoms with Crippen molar-refractivity contribution in [3.63, 3.8) is 0 Å². The SMILES string of the molecule is CCNC(=NCC(C)CN1CCN(C)CC1)N1CCC(NC(=O)OC(C)(C)C)C1. The van der Waals surface area contributed by atoms with Gasteiger partial charge in [-0.05, 0) is 47.1 Å². The van der Waals surface area contributed by atoms with Crippen LogP contribution in [-0.4, -0.2) is 104 Å². The first-order chi connectivity index (χ1) is 13.7. The third-order valence-corrected chi connectivity index (χ3v) is 5.26. The highest BCUT2D eigenvalue weighted by molar-refractivity contribution is 5.80. The Labute approximate surface area is 177 Å². The van der Waals surface area contributed by atoms with E-state index in [1.54, 1.807) is 0 Å². The molecule has 8 nitrogen and oxygen atoms in total. The van der Waals surface area contributed by atoms with Crippen molar-refractivity contribution >= 4 is 12.1 Å². The van der Waals surface area contributed by atoms with E-state index in [0.717, 1.165) is 71.3 Å². The van der Waals surface area contributed by atoms with Gasteiger partial charge in [0.25, 0.3) is 0 Å². The fraction of sp³-hybridized carbons (Fsp3) is 0.905. The second-order valence-corrected chi connectivity index (χ2v) is 9.48. The Morgan fingerprint density at radius 2 is 1.90 bits per heavy atom. The van der Waals surface area contributed by atoms with Gasteiger partial charge in [0.05, 0.1) is 6.04 Å². The average Bonchev–Trinajstić information content (AvgIpc) is 3.07. The number of ether oxygens (including phenoxy) is 1. The Bertz CT molecular complexity index is 540. The Morgan fingerprint density at radius 1 is 1.21 bits per heavy atom. The van der Waals surface area contributed by atoms with Gasteiger partial charge in [0.1, 0.15) is 5.60 Å². The number of likely N-dealkylation sites (N-methyl/N-ethyl adjacent to an activating group) is 1. The van der Waals surface area contributed by atoms with Crippen LogP contribution >= 0.6 is 0 Å². The lowest BCUT2D eigenvalue weighted by Crippen LogP contribution is -2.46. The maximum atomic E-state index is 12.0. The van der Waals surface area contributed by atoms with E-state index in [1.165, 1.54) is 0 Å². The van der Waals surface area contributed by atoms with Crippen molar-refractivity contribution in [1.82, 2.24) is 25.3 Å². The quantitative estimate of drug-likeness (QED) is 0.510. The van der Waals surface area contributed by atoms with E-state index in [1.807, 2.05) is 20.8 Å². The minimum absolute atomic E-state index is 0.0940. The third kappa shape index (κ3) is 8.78. The summed E-state index contributed by atoms with van der Waals surface area (Å²) < 4.78 is 5.38. The topological polar surface area (TPSA) is 72.4 Å². The number of nitrogens with one attached hydrogen (secondary N) is 2. The van der Waals surface area contributed by atoms with Gasteiger partial charge in [-0.1, -0.05) is 6.92 Å². The number of nitrogens with zero attached hydrogens (tertiary/aromatic N) is 4. The monoisotopic (exact) mass is 410 g/mol. The van der Waals surface area contributed by atoms with E-state index in [0.29, 0.717) is 5.92 Å². The largest absolute Gasteiger partial charge is 0.444 e. The smallest absolute Gasteiger partial charge is 0.407 e. The number of aliphatic imine (C=N–C) groups is 1. The van der Waals surface area contributed by atoms with Crippen molar-refractivity contribution < 1.29 is 9.53 Å². The Kier molecular flexibility index (Phi) is 9.02. The molecule has 2 saturated heterocycles. The van der Waals surface area contributed by atoms with Crippen LogP contribution < -0.4 is 10.6 Å². The van der Waals surface area contributed by atoms with Crippen molar-refractivity contribution in [3.8, 4) is 0 Å².